The number of rotatable bonds is 10. The SMILES string of the molecule is CCCOCCOC(C)CCCNC(C)(C)C. The van der Waals surface area contributed by atoms with E-state index in [1.165, 1.54) is 0 Å². The second kappa shape index (κ2) is 9.86. The van der Waals surface area contributed by atoms with Crippen LogP contribution in [0.25, 0.3) is 0 Å². The van der Waals surface area contributed by atoms with Crippen molar-refractivity contribution in [2.24, 2.45) is 0 Å². The van der Waals surface area contributed by atoms with Gasteiger partial charge in [-0.15, -0.1) is 0 Å². The molecule has 0 fully saturated rings. The molecule has 0 rings (SSSR count). The fraction of sp³-hybridized carbons (Fsp3) is 1.00. The van der Waals surface area contributed by atoms with E-state index in [9.17, 15) is 0 Å². The van der Waals surface area contributed by atoms with Crippen LogP contribution >= 0.6 is 0 Å². The van der Waals surface area contributed by atoms with Crippen LogP contribution in [0.2, 0.25) is 0 Å². The van der Waals surface area contributed by atoms with E-state index >= 15 is 0 Å². The van der Waals surface area contributed by atoms with Gasteiger partial charge in [-0.1, -0.05) is 6.92 Å². The fourth-order valence-electron chi connectivity index (χ4n) is 1.49. The molecule has 0 heterocycles. The van der Waals surface area contributed by atoms with Gasteiger partial charge >= 0.3 is 0 Å². The van der Waals surface area contributed by atoms with Crippen molar-refractivity contribution in [1.82, 2.24) is 5.32 Å². The first-order valence-electron chi connectivity index (χ1n) is 6.90. The molecule has 1 unspecified atom stereocenters. The van der Waals surface area contributed by atoms with Crippen molar-refractivity contribution in [3.8, 4) is 0 Å². The van der Waals surface area contributed by atoms with Crippen molar-refractivity contribution < 1.29 is 9.47 Å². The molecule has 0 aromatic heterocycles. The largest absolute Gasteiger partial charge is 0.379 e. The lowest BCUT2D eigenvalue weighted by Gasteiger charge is -2.21. The molecule has 0 bridgehead atoms. The molecule has 0 saturated carbocycles. The van der Waals surface area contributed by atoms with Gasteiger partial charge in [0.2, 0.25) is 0 Å². The zero-order valence-corrected chi connectivity index (χ0v) is 12.3. The van der Waals surface area contributed by atoms with Gasteiger partial charge < -0.3 is 14.8 Å². The second-order valence-corrected chi connectivity index (χ2v) is 5.61. The van der Waals surface area contributed by atoms with Gasteiger partial charge in [-0.05, 0) is 53.5 Å². The van der Waals surface area contributed by atoms with E-state index in [1.807, 2.05) is 0 Å². The van der Waals surface area contributed by atoms with E-state index in [1.54, 1.807) is 0 Å². The molecule has 0 aliphatic heterocycles. The lowest BCUT2D eigenvalue weighted by Crippen LogP contribution is -2.36. The summed E-state index contributed by atoms with van der Waals surface area (Å²) in [5.74, 6) is 0. The van der Waals surface area contributed by atoms with Crippen LogP contribution in [-0.4, -0.2) is 38.0 Å². The van der Waals surface area contributed by atoms with Crippen LogP contribution in [-0.2, 0) is 9.47 Å². The van der Waals surface area contributed by atoms with Crippen molar-refractivity contribution in [3.05, 3.63) is 0 Å². The predicted octanol–water partition coefficient (Wildman–Crippen LogP) is 2.99. The average Bonchev–Trinajstić information content (AvgIpc) is 2.23. The number of hydrogen-bond acceptors (Lipinski definition) is 3. The highest BCUT2D eigenvalue weighted by Gasteiger charge is 2.08. The minimum atomic E-state index is 0.220. The van der Waals surface area contributed by atoms with E-state index in [0.717, 1.165) is 39.0 Å². The molecule has 0 amide bonds. The summed E-state index contributed by atoms with van der Waals surface area (Å²) >= 11 is 0. The first-order valence-corrected chi connectivity index (χ1v) is 6.90. The number of ether oxygens (including phenoxy) is 2. The van der Waals surface area contributed by atoms with Gasteiger partial charge in [-0.3, -0.25) is 0 Å². The normalized spacial score (nSPS) is 13.9. The predicted molar refractivity (Wildman–Crippen MR) is 73.5 cm³/mol. The molecule has 1 N–H and O–H groups in total. The first kappa shape index (κ1) is 16.9. The third-order valence-corrected chi connectivity index (χ3v) is 2.42. The van der Waals surface area contributed by atoms with Gasteiger partial charge in [0.15, 0.2) is 0 Å². The Morgan fingerprint density at radius 2 is 1.82 bits per heavy atom. The van der Waals surface area contributed by atoms with Crippen LogP contribution < -0.4 is 5.32 Å². The highest BCUT2D eigenvalue weighted by Crippen LogP contribution is 2.03. The molecular weight excluding hydrogens is 214 g/mol. The van der Waals surface area contributed by atoms with E-state index in [-0.39, 0.29) is 5.54 Å². The van der Waals surface area contributed by atoms with Crippen LogP contribution in [0.15, 0.2) is 0 Å². The maximum Gasteiger partial charge on any atom is 0.0704 e. The molecule has 3 nitrogen and oxygen atoms in total. The van der Waals surface area contributed by atoms with Gasteiger partial charge in [0, 0.05) is 12.1 Å². The zero-order valence-electron chi connectivity index (χ0n) is 12.3. The second-order valence-electron chi connectivity index (χ2n) is 5.61. The molecule has 104 valence electrons. The topological polar surface area (TPSA) is 30.5 Å². The van der Waals surface area contributed by atoms with E-state index in [4.69, 9.17) is 9.47 Å². The lowest BCUT2D eigenvalue weighted by atomic mass is 10.1. The summed E-state index contributed by atoms with van der Waals surface area (Å²) < 4.78 is 11.0. The minimum absolute atomic E-state index is 0.220. The molecule has 0 aliphatic carbocycles. The van der Waals surface area contributed by atoms with Crippen LogP contribution in [0.1, 0.15) is 53.9 Å². The molecule has 0 saturated heterocycles. The summed E-state index contributed by atoms with van der Waals surface area (Å²) in [7, 11) is 0. The first-order chi connectivity index (χ1) is 7.95. The van der Waals surface area contributed by atoms with Crippen LogP contribution in [0.4, 0.5) is 0 Å². The maximum absolute atomic E-state index is 5.67. The van der Waals surface area contributed by atoms with E-state index in [2.05, 4.69) is 39.9 Å². The molecule has 0 aromatic carbocycles. The van der Waals surface area contributed by atoms with Crippen LogP contribution in [0.3, 0.4) is 0 Å². The lowest BCUT2D eigenvalue weighted by molar-refractivity contribution is 0.00863. The van der Waals surface area contributed by atoms with Gasteiger partial charge in [0.05, 0.1) is 19.3 Å². The summed E-state index contributed by atoms with van der Waals surface area (Å²) in [4.78, 5) is 0. The van der Waals surface area contributed by atoms with Crippen molar-refractivity contribution in [2.75, 3.05) is 26.4 Å². The van der Waals surface area contributed by atoms with Gasteiger partial charge in [0.1, 0.15) is 0 Å². The van der Waals surface area contributed by atoms with Crippen molar-refractivity contribution in [1.29, 1.82) is 0 Å². The summed E-state index contributed by atoms with van der Waals surface area (Å²) in [5.41, 5.74) is 0.220. The van der Waals surface area contributed by atoms with Crippen LogP contribution in [0, 0.1) is 0 Å². The summed E-state index contributed by atoms with van der Waals surface area (Å²) in [6, 6.07) is 0. The monoisotopic (exact) mass is 245 g/mol. The minimum Gasteiger partial charge on any atom is -0.379 e. The Kier molecular flexibility index (Phi) is 9.79. The quantitative estimate of drug-likeness (QED) is 0.600. The Bertz CT molecular complexity index is 166. The van der Waals surface area contributed by atoms with E-state index in [0.29, 0.717) is 12.7 Å². The number of hydrogen-bond donors (Lipinski definition) is 1. The Hall–Kier alpha value is -0.120. The molecule has 1 atom stereocenters. The molecule has 0 spiro atoms. The molecule has 0 aliphatic rings. The Morgan fingerprint density at radius 3 is 2.41 bits per heavy atom. The van der Waals surface area contributed by atoms with Gasteiger partial charge in [0.25, 0.3) is 0 Å². The Morgan fingerprint density at radius 1 is 1.12 bits per heavy atom. The van der Waals surface area contributed by atoms with Gasteiger partial charge in [-0.25, -0.2) is 0 Å². The Balaban J connectivity index is 3.26. The molecule has 3 heteroatoms. The summed E-state index contributed by atoms with van der Waals surface area (Å²) in [6.07, 6.45) is 3.68. The molecular formula is C14H31NO2. The van der Waals surface area contributed by atoms with Gasteiger partial charge in [-0.2, -0.15) is 0 Å². The zero-order chi connectivity index (χ0) is 13.1. The standard InChI is InChI=1S/C14H31NO2/c1-6-10-16-11-12-17-13(2)8-7-9-15-14(3,4)5/h13,15H,6-12H2,1-5H3. The van der Waals surface area contributed by atoms with Crippen molar-refractivity contribution >= 4 is 0 Å². The number of nitrogens with one attached hydrogen (secondary N) is 1. The van der Waals surface area contributed by atoms with Crippen LogP contribution in [0.5, 0.6) is 0 Å². The smallest absolute Gasteiger partial charge is 0.0704 e. The van der Waals surface area contributed by atoms with E-state index < -0.39 is 0 Å². The maximum atomic E-state index is 5.67. The third-order valence-electron chi connectivity index (χ3n) is 2.42. The van der Waals surface area contributed by atoms with Crippen molar-refractivity contribution in [2.45, 2.75) is 65.5 Å². The molecule has 0 aromatic rings. The summed E-state index contributed by atoms with van der Waals surface area (Å²) in [5, 5.41) is 3.48. The van der Waals surface area contributed by atoms with Crippen molar-refractivity contribution in [3.63, 3.8) is 0 Å². The molecule has 17 heavy (non-hydrogen) atoms. The fourth-order valence-corrected chi connectivity index (χ4v) is 1.49. The highest BCUT2D eigenvalue weighted by atomic mass is 16.5. The average molecular weight is 245 g/mol. The highest BCUT2D eigenvalue weighted by molar-refractivity contribution is 4.69. The summed E-state index contributed by atoms with van der Waals surface area (Å²) in [6.45, 7) is 14.2. The molecule has 0 radical (unpaired) electrons. The Labute approximate surface area is 107 Å². The third kappa shape index (κ3) is 13.8.